The zero-order valence-electron chi connectivity index (χ0n) is 21.4. The molecule has 1 amide bonds. The van der Waals surface area contributed by atoms with E-state index in [4.69, 9.17) is 0 Å². The number of aryl methyl sites for hydroxylation is 2. The number of fused-ring (bicyclic) bond motifs is 1. The molecule has 2 atom stereocenters. The van der Waals surface area contributed by atoms with E-state index in [1.54, 1.807) is 37.6 Å². The van der Waals surface area contributed by atoms with Gasteiger partial charge < -0.3 is 4.90 Å². The largest absolute Gasteiger partial charge is 0.328 e. The van der Waals surface area contributed by atoms with Crippen molar-refractivity contribution in [2.24, 2.45) is 0 Å². The van der Waals surface area contributed by atoms with Gasteiger partial charge in [-0.25, -0.2) is 14.4 Å². The highest BCUT2D eigenvalue weighted by Crippen LogP contribution is 2.28. The summed E-state index contributed by atoms with van der Waals surface area (Å²) >= 11 is 0. The van der Waals surface area contributed by atoms with Crippen LogP contribution in [0.3, 0.4) is 0 Å². The molecule has 38 heavy (non-hydrogen) atoms. The summed E-state index contributed by atoms with van der Waals surface area (Å²) in [4.78, 5) is 52.8. The number of Topliss-reactive ketones (excluding diaryl/α,β-unsaturated/α-hetero) is 2. The first-order valence-corrected chi connectivity index (χ1v) is 12.4. The van der Waals surface area contributed by atoms with E-state index in [1.807, 2.05) is 25.1 Å². The van der Waals surface area contributed by atoms with Crippen LogP contribution in [0.1, 0.15) is 40.9 Å². The molecule has 0 unspecified atom stereocenters. The second-order valence-corrected chi connectivity index (χ2v) is 9.68. The number of hydrogen-bond donors (Lipinski definition) is 0. The number of nitrogens with zero attached hydrogens (tertiary/aromatic N) is 6. The highest BCUT2D eigenvalue weighted by molar-refractivity contribution is 6.06. The van der Waals surface area contributed by atoms with Gasteiger partial charge in [-0.15, -0.1) is 0 Å². The van der Waals surface area contributed by atoms with E-state index in [0.717, 1.165) is 16.7 Å². The molecule has 0 N–H and O–H groups in total. The first-order valence-electron chi connectivity index (χ1n) is 12.4. The standard InChI is InChI=1S/C28H27FN6O3/c1-16-4-6-22(32-11-16)10-26(37)25-9-21(29)14-34(25)27(38)15-35-24-7-5-19(20-12-30-18(3)31-13-20)8-23(24)28(33-35)17(2)36/h4-8,11-13,21,25H,9-10,14-15H2,1-3H3/t21-,25+/m1/s1. The van der Waals surface area contributed by atoms with E-state index in [9.17, 15) is 18.8 Å². The number of carbonyl (C=O) groups excluding carboxylic acids is 3. The molecule has 5 rings (SSSR count). The molecular formula is C28H27FN6O3. The van der Waals surface area contributed by atoms with Crippen molar-refractivity contribution < 1.29 is 18.8 Å². The van der Waals surface area contributed by atoms with Crippen molar-refractivity contribution in [2.45, 2.75) is 52.4 Å². The van der Waals surface area contributed by atoms with Gasteiger partial charge >= 0.3 is 0 Å². The minimum atomic E-state index is -1.29. The molecular weight excluding hydrogens is 487 g/mol. The lowest BCUT2D eigenvalue weighted by molar-refractivity contribution is -0.138. The lowest BCUT2D eigenvalue weighted by atomic mass is 10.0. The third-order valence-electron chi connectivity index (χ3n) is 6.75. The van der Waals surface area contributed by atoms with Crippen molar-refractivity contribution in [2.75, 3.05) is 6.54 Å². The molecule has 3 aromatic heterocycles. The molecule has 10 heteroatoms. The number of amides is 1. The Morgan fingerprint density at radius 1 is 1.00 bits per heavy atom. The second kappa shape index (κ2) is 10.2. The van der Waals surface area contributed by atoms with Gasteiger partial charge in [-0.3, -0.25) is 24.0 Å². The van der Waals surface area contributed by atoms with Crippen LogP contribution in [-0.4, -0.2) is 65.9 Å². The van der Waals surface area contributed by atoms with Gasteiger partial charge in [0, 0.05) is 48.6 Å². The number of pyridine rings is 1. The summed E-state index contributed by atoms with van der Waals surface area (Å²) in [6.07, 6.45) is 3.76. The Hall–Kier alpha value is -4.34. The summed E-state index contributed by atoms with van der Waals surface area (Å²) in [5, 5.41) is 5.00. The van der Waals surface area contributed by atoms with E-state index in [0.29, 0.717) is 22.4 Å². The van der Waals surface area contributed by atoms with Gasteiger partial charge in [0.05, 0.1) is 24.5 Å². The number of carbonyl (C=O) groups is 3. The number of benzene rings is 1. The predicted molar refractivity (Wildman–Crippen MR) is 138 cm³/mol. The highest BCUT2D eigenvalue weighted by Gasteiger charge is 2.39. The summed E-state index contributed by atoms with van der Waals surface area (Å²) in [6, 6.07) is 8.20. The van der Waals surface area contributed by atoms with Crippen molar-refractivity contribution >= 4 is 28.4 Å². The van der Waals surface area contributed by atoms with Gasteiger partial charge in [0.25, 0.3) is 0 Å². The Morgan fingerprint density at radius 2 is 1.76 bits per heavy atom. The normalized spacial score (nSPS) is 17.2. The fraction of sp³-hybridized carbons (Fsp3) is 0.321. The lowest BCUT2D eigenvalue weighted by Gasteiger charge is -2.23. The van der Waals surface area contributed by atoms with Crippen LogP contribution < -0.4 is 0 Å². The molecule has 0 saturated carbocycles. The third kappa shape index (κ3) is 5.06. The highest BCUT2D eigenvalue weighted by atomic mass is 19.1. The number of ketones is 2. The third-order valence-corrected chi connectivity index (χ3v) is 6.75. The van der Waals surface area contributed by atoms with Crippen LogP contribution in [0.4, 0.5) is 4.39 Å². The van der Waals surface area contributed by atoms with Crippen LogP contribution in [0.2, 0.25) is 0 Å². The van der Waals surface area contributed by atoms with E-state index < -0.39 is 18.1 Å². The van der Waals surface area contributed by atoms with Crippen LogP contribution in [0.25, 0.3) is 22.0 Å². The summed E-state index contributed by atoms with van der Waals surface area (Å²) in [6.45, 7) is 4.73. The zero-order chi connectivity index (χ0) is 27.0. The van der Waals surface area contributed by atoms with Crippen LogP contribution in [0.15, 0.2) is 48.9 Å². The number of aromatic nitrogens is 5. The topological polar surface area (TPSA) is 111 Å². The molecule has 194 valence electrons. The summed E-state index contributed by atoms with van der Waals surface area (Å²) in [7, 11) is 0. The number of alkyl halides is 1. The van der Waals surface area contributed by atoms with Crippen molar-refractivity contribution in [3.8, 4) is 11.1 Å². The van der Waals surface area contributed by atoms with Gasteiger partial charge in [-0.05, 0) is 43.2 Å². The smallest absolute Gasteiger partial charge is 0.245 e. The fourth-order valence-electron chi connectivity index (χ4n) is 4.76. The van der Waals surface area contributed by atoms with Gasteiger partial charge in [0.2, 0.25) is 5.91 Å². The first-order chi connectivity index (χ1) is 18.2. The molecule has 0 aliphatic carbocycles. The number of rotatable bonds is 7. The zero-order valence-corrected chi connectivity index (χ0v) is 21.4. The maximum Gasteiger partial charge on any atom is 0.245 e. The molecule has 4 heterocycles. The van der Waals surface area contributed by atoms with Crippen molar-refractivity contribution in [1.82, 2.24) is 29.6 Å². The average Bonchev–Trinajstić information content (AvgIpc) is 3.46. The quantitative estimate of drug-likeness (QED) is 0.347. The molecule has 1 aromatic carbocycles. The van der Waals surface area contributed by atoms with Gasteiger partial charge in [0.1, 0.15) is 24.2 Å². The molecule has 0 spiro atoms. The predicted octanol–water partition coefficient (Wildman–Crippen LogP) is 3.46. The maximum atomic E-state index is 14.4. The maximum absolute atomic E-state index is 14.4. The van der Waals surface area contributed by atoms with Gasteiger partial charge in [-0.2, -0.15) is 5.10 Å². The van der Waals surface area contributed by atoms with Gasteiger partial charge in [0.15, 0.2) is 11.6 Å². The molecule has 1 aliphatic heterocycles. The van der Waals surface area contributed by atoms with Gasteiger partial charge in [-0.1, -0.05) is 12.1 Å². The Kier molecular flexibility index (Phi) is 6.79. The van der Waals surface area contributed by atoms with Crippen molar-refractivity contribution in [3.05, 3.63) is 71.7 Å². The monoisotopic (exact) mass is 514 g/mol. The summed E-state index contributed by atoms with van der Waals surface area (Å²) < 4.78 is 15.9. The number of hydrogen-bond acceptors (Lipinski definition) is 7. The van der Waals surface area contributed by atoms with E-state index in [1.165, 1.54) is 16.5 Å². The fourth-order valence-corrected chi connectivity index (χ4v) is 4.76. The first kappa shape index (κ1) is 25.3. The second-order valence-electron chi connectivity index (χ2n) is 9.68. The number of likely N-dealkylation sites (tertiary alicyclic amines) is 1. The molecule has 1 fully saturated rings. The molecule has 0 radical (unpaired) electrons. The summed E-state index contributed by atoms with van der Waals surface area (Å²) in [5.74, 6) is -0.289. The Bertz CT molecular complexity index is 1530. The molecule has 1 aliphatic rings. The van der Waals surface area contributed by atoms with E-state index in [2.05, 4.69) is 20.1 Å². The lowest BCUT2D eigenvalue weighted by Crippen LogP contribution is -2.43. The Morgan fingerprint density at radius 3 is 2.45 bits per heavy atom. The average molecular weight is 515 g/mol. The molecule has 0 bridgehead atoms. The van der Waals surface area contributed by atoms with E-state index in [-0.39, 0.29) is 43.2 Å². The van der Waals surface area contributed by atoms with E-state index >= 15 is 0 Å². The molecule has 1 saturated heterocycles. The minimum absolute atomic E-state index is 0.0200. The Labute approximate surface area is 218 Å². The van der Waals surface area contributed by atoms with Crippen LogP contribution in [0.5, 0.6) is 0 Å². The van der Waals surface area contributed by atoms with Crippen LogP contribution >= 0.6 is 0 Å². The van der Waals surface area contributed by atoms with Crippen LogP contribution in [0, 0.1) is 13.8 Å². The minimum Gasteiger partial charge on any atom is -0.328 e. The Balaban J connectivity index is 1.40. The number of halogens is 1. The summed E-state index contributed by atoms with van der Waals surface area (Å²) in [5.41, 5.74) is 3.95. The SMILES string of the molecule is CC(=O)c1nn(CC(=O)N2C[C@H](F)C[C@H]2C(=O)Cc2ccc(C)cn2)c2ccc(-c3cnc(C)nc3)cc12. The molecule has 9 nitrogen and oxygen atoms in total. The van der Waals surface area contributed by atoms with Crippen molar-refractivity contribution in [3.63, 3.8) is 0 Å². The molecule has 4 aromatic rings. The van der Waals surface area contributed by atoms with Crippen LogP contribution in [-0.2, 0) is 22.6 Å². The van der Waals surface area contributed by atoms with Crippen molar-refractivity contribution in [1.29, 1.82) is 0 Å².